The fourth-order valence-corrected chi connectivity index (χ4v) is 3.31. The smallest absolute Gasteiger partial charge is 0.338 e. The Morgan fingerprint density at radius 3 is 2.31 bits per heavy atom. The number of benzene rings is 2. The minimum Gasteiger partial charge on any atom is -0.449 e. The molecule has 1 aliphatic rings. The third-order valence-electron chi connectivity index (χ3n) is 5.25. The first-order valence-electron chi connectivity index (χ1n) is 10.5. The maximum Gasteiger partial charge on any atom is 0.338 e. The molecule has 2 aromatic rings. The summed E-state index contributed by atoms with van der Waals surface area (Å²) in [6.07, 6.45) is 0.512. The van der Waals surface area contributed by atoms with Gasteiger partial charge in [0, 0.05) is 32.0 Å². The summed E-state index contributed by atoms with van der Waals surface area (Å²) in [5.74, 6) is -1.99. The molecule has 0 aromatic heterocycles. The number of carbonyl (C=O) groups excluding carboxylic acids is 4. The van der Waals surface area contributed by atoms with Crippen LogP contribution in [-0.2, 0) is 9.53 Å². The number of hydrogen-bond donors (Lipinski definition) is 1. The van der Waals surface area contributed by atoms with Gasteiger partial charge in [0.05, 0.1) is 16.7 Å². The van der Waals surface area contributed by atoms with Crippen molar-refractivity contribution in [2.75, 3.05) is 30.9 Å². The maximum absolute atomic E-state index is 12.6. The highest BCUT2D eigenvalue weighted by Gasteiger charge is 2.35. The molecule has 32 heavy (non-hydrogen) atoms. The van der Waals surface area contributed by atoms with Gasteiger partial charge >= 0.3 is 5.97 Å². The highest BCUT2D eigenvalue weighted by Crippen LogP contribution is 2.25. The fourth-order valence-electron chi connectivity index (χ4n) is 3.31. The quantitative estimate of drug-likeness (QED) is 0.503. The summed E-state index contributed by atoms with van der Waals surface area (Å²) in [4.78, 5) is 53.1. The van der Waals surface area contributed by atoms with Crippen molar-refractivity contribution in [1.82, 2.24) is 4.90 Å². The third-order valence-corrected chi connectivity index (χ3v) is 5.25. The van der Waals surface area contributed by atoms with Gasteiger partial charge in [-0.15, -0.1) is 0 Å². The number of unbranched alkanes of at least 4 members (excludes halogenated alkanes) is 1. The number of fused-ring (bicyclic) bond motifs is 1. The number of nitrogens with one attached hydrogen (secondary N) is 1. The zero-order valence-corrected chi connectivity index (χ0v) is 18.7. The molecule has 8 nitrogen and oxygen atoms in total. The van der Waals surface area contributed by atoms with Crippen molar-refractivity contribution in [3.05, 3.63) is 59.2 Å². The van der Waals surface area contributed by atoms with Crippen LogP contribution in [0.3, 0.4) is 0 Å². The Hall–Kier alpha value is -3.68. The topological polar surface area (TPSA) is 96.0 Å². The van der Waals surface area contributed by atoms with Crippen molar-refractivity contribution >= 4 is 35.1 Å². The molecule has 1 N–H and O–H groups in total. The van der Waals surface area contributed by atoms with E-state index in [1.807, 2.05) is 38.1 Å². The molecule has 1 heterocycles. The molecule has 3 rings (SSSR count). The van der Waals surface area contributed by atoms with E-state index in [2.05, 4.69) is 5.32 Å². The predicted molar refractivity (Wildman–Crippen MR) is 121 cm³/mol. The molecule has 8 heteroatoms. The molecule has 2 aromatic carbocycles. The van der Waals surface area contributed by atoms with Crippen LogP contribution in [0.25, 0.3) is 0 Å². The second-order valence-corrected chi connectivity index (χ2v) is 7.85. The van der Waals surface area contributed by atoms with Crippen molar-refractivity contribution in [1.29, 1.82) is 0 Å². The Labute approximate surface area is 187 Å². The Bertz CT molecular complexity index is 1050. The van der Waals surface area contributed by atoms with E-state index in [0.717, 1.165) is 12.1 Å². The summed E-state index contributed by atoms with van der Waals surface area (Å²) in [5.41, 5.74) is 2.13. The first kappa shape index (κ1) is 23.0. The Morgan fingerprint density at radius 1 is 1.03 bits per heavy atom. The summed E-state index contributed by atoms with van der Waals surface area (Å²) >= 11 is 0. The molecule has 0 saturated heterocycles. The lowest BCUT2D eigenvalue weighted by atomic mass is 10.1. The highest BCUT2D eigenvalue weighted by atomic mass is 16.5. The van der Waals surface area contributed by atoms with Gasteiger partial charge in [-0.2, -0.15) is 0 Å². The van der Waals surface area contributed by atoms with Gasteiger partial charge in [0.2, 0.25) is 0 Å². The molecule has 1 atom stereocenters. The molecule has 0 unspecified atom stereocenters. The Balaban J connectivity index is 1.65. The van der Waals surface area contributed by atoms with Crippen LogP contribution in [0.4, 0.5) is 11.4 Å². The van der Waals surface area contributed by atoms with Gasteiger partial charge in [-0.1, -0.05) is 13.3 Å². The van der Waals surface area contributed by atoms with E-state index < -0.39 is 23.9 Å². The largest absolute Gasteiger partial charge is 0.449 e. The van der Waals surface area contributed by atoms with E-state index in [4.69, 9.17) is 4.74 Å². The summed E-state index contributed by atoms with van der Waals surface area (Å²) in [7, 11) is 3.83. The molecular weight excluding hydrogens is 410 g/mol. The van der Waals surface area contributed by atoms with Gasteiger partial charge in [-0.05, 0) is 55.8 Å². The summed E-state index contributed by atoms with van der Waals surface area (Å²) in [5, 5.41) is 2.70. The summed E-state index contributed by atoms with van der Waals surface area (Å²) < 4.78 is 5.28. The number of hydrogen-bond acceptors (Lipinski definition) is 6. The number of amides is 3. The van der Waals surface area contributed by atoms with Crippen LogP contribution in [0.5, 0.6) is 0 Å². The maximum atomic E-state index is 12.6. The molecule has 1 aliphatic heterocycles. The third kappa shape index (κ3) is 4.80. The zero-order chi connectivity index (χ0) is 23.4. The predicted octanol–water partition coefficient (Wildman–Crippen LogP) is 3.33. The average Bonchev–Trinajstić information content (AvgIpc) is 3.01. The molecule has 0 aliphatic carbocycles. The molecule has 0 bridgehead atoms. The van der Waals surface area contributed by atoms with Gasteiger partial charge in [-0.3, -0.25) is 19.3 Å². The summed E-state index contributed by atoms with van der Waals surface area (Å²) in [6, 6.07) is 11.5. The number of esters is 1. The fraction of sp³-hybridized carbons (Fsp3) is 0.333. The van der Waals surface area contributed by atoms with Crippen LogP contribution < -0.4 is 10.2 Å². The average molecular weight is 437 g/mol. The van der Waals surface area contributed by atoms with Crippen molar-refractivity contribution in [2.24, 2.45) is 0 Å². The van der Waals surface area contributed by atoms with Crippen molar-refractivity contribution in [2.45, 2.75) is 32.8 Å². The van der Waals surface area contributed by atoms with Gasteiger partial charge in [0.25, 0.3) is 17.7 Å². The lowest BCUT2D eigenvalue weighted by molar-refractivity contribution is -0.123. The van der Waals surface area contributed by atoms with Crippen LogP contribution in [0, 0.1) is 0 Å². The van der Waals surface area contributed by atoms with Crippen molar-refractivity contribution in [3.63, 3.8) is 0 Å². The van der Waals surface area contributed by atoms with Crippen LogP contribution in [0.1, 0.15) is 57.8 Å². The monoisotopic (exact) mass is 437 g/mol. The van der Waals surface area contributed by atoms with E-state index in [9.17, 15) is 19.2 Å². The minimum absolute atomic E-state index is 0.109. The van der Waals surface area contributed by atoms with Gasteiger partial charge in [-0.25, -0.2) is 4.79 Å². The number of carbonyl (C=O) groups is 4. The number of rotatable bonds is 8. The van der Waals surface area contributed by atoms with E-state index in [1.165, 1.54) is 30.0 Å². The molecule has 0 spiro atoms. The van der Waals surface area contributed by atoms with Crippen molar-refractivity contribution < 1.29 is 23.9 Å². The zero-order valence-electron chi connectivity index (χ0n) is 18.7. The molecule has 3 amide bonds. The standard InChI is InChI=1S/C24H27N3O5/c1-5-6-13-27-22(29)19-12-7-16(14-20(19)23(27)30)24(31)32-15(2)21(28)25-17-8-10-18(11-9-17)26(3)4/h7-12,14-15H,5-6,13H2,1-4H3,(H,25,28)/t15-/m0/s1. The van der Waals surface area contributed by atoms with E-state index in [0.29, 0.717) is 18.7 Å². The first-order valence-corrected chi connectivity index (χ1v) is 10.5. The normalized spacial score (nSPS) is 13.6. The summed E-state index contributed by atoms with van der Waals surface area (Å²) in [6.45, 7) is 3.79. The number of ether oxygens (including phenoxy) is 1. The second-order valence-electron chi connectivity index (χ2n) is 7.85. The Kier molecular flexibility index (Phi) is 6.92. The van der Waals surface area contributed by atoms with E-state index in [-0.39, 0.29) is 22.6 Å². The van der Waals surface area contributed by atoms with E-state index in [1.54, 1.807) is 12.1 Å². The van der Waals surface area contributed by atoms with Gasteiger partial charge in [0.15, 0.2) is 6.10 Å². The van der Waals surface area contributed by atoms with E-state index >= 15 is 0 Å². The number of nitrogens with zero attached hydrogens (tertiary/aromatic N) is 2. The van der Waals surface area contributed by atoms with Crippen LogP contribution in [0.15, 0.2) is 42.5 Å². The second kappa shape index (κ2) is 9.64. The molecule has 0 saturated carbocycles. The lowest BCUT2D eigenvalue weighted by Crippen LogP contribution is -2.30. The molecule has 0 fully saturated rings. The first-order chi connectivity index (χ1) is 15.2. The van der Waals surface area contributed by atoms with Crippen LogP contribution in [-0.4, -0.2) is 55.3 Å². The van der Waals surface area contributed by atoms with Gasteiger partial charge in [0.1, 0.15) is 0 Å². The number of anilines is 2. The Morgan fingerprint density at radius 2 is 1.69 bits per heavy atom. The molecule has 168 valence electrons. The van der Waals surface area contributed by atoms with Crippen LogP contribution in [0.2, 0.25) is 0 Å². The van der Waals surface area contributed by atoms with Gasteiger partial charge < -0.3 is 15.0 Å². The van der Waals surface area contributed by atoms with Crippen LogP contribution >= 0.6 is 0 Å². The molecule has 0 radical (unpaired) electrons. The number of imide groups is 1. The lowest BCUT2D eigenvalue weighted by Gasteiger charge is -2.15. The SMILES string of the molecule is CCCCN1C(=O)c2ccc(C(=O)O[C@@H](C)C(=O)Nc3ccc(N(C)C)cc3)cc2C1=O. The molecular formula is C24H27N3O5. The minimum atomic E-state index is -1.05. The highest BCUT2D eigenvalue weighted by molar-refractivity contribution is 6.22. The van der Waals surface area contributed by atoms with Crippen molar-refractivity contribution in [3.8, 4) is 0 Å².